The number of primary amides is 1. The first kappa shape index (κ1) is 22.5. The van der Waals surface area contributed by atoms with Gasteiger partial charge < -0.3 is 22.5 Å². The van der Waals surface area contributed by atoms with E-state index < -0.39 is 23.6 Å². The fourth-order valence-corrected chi connectivity index (χ4v) is 2.38. The van der Waals surface area contributed by atoms with Crippen molar-refractivity contribution < 1.29 is 22.8 Å². The van der Waals surface area contributed by atoms with Crippen molar-refractivity contribution in [3.8, 4) is 0 Å². The van der Waals surface area contributed by atoms with Crippen molar-refractivity contribution >= 4 is 37.0 Å². The van der Waals surface area contributed by atoms with Gasteiger partial charge in [0.05, 0.1) is 19.1 Å². The summed E-state index contributed by atoms with van der Waals surface area (Å²) in [6, 6.07) is 7.01. The third-order valence-electron chi connectivity index (χ3n) is 3.82. The van der Waals surface area contributed by atoms with Crippen LogP contribution in [0, 0.1) is 0 Å². The summed E-state index contributed by atoms with van der Waals surface area (Å²) in [5, 5.41) is 2.27. The lowest BCUT2D eigenvalue weighted by molar-refractivity contribution is -0.137. The van der Waals surface area contributed by atoms with Crippen LogP contribution in [0.4, 0.5) is 19.0 Å². The average molecular weight is 416 g/mol. The number of nitrogens with zero attached hydrogens (tertiary/aromatic N) is 2. The summed E-state index contributed by atoms with van der Waals surface area (Å²) in [5.74, 6) is -2.12. The Balaban J connectivity index is 2.27. The van der Waals surface area contributed by atoms with Gasteiger partial charge in [0.15, 0.2) is 0 Å². The number of benzene rings is 1. The average Bonchev–Trinajstić information content (AvgIpc) is 2.67. The summed E-state index contributed by atoms with van der Waals surface area (Å²) >= 11 is 0. The van der Waals surface area contributed by atoms with Crippen molar-refractivity contribution in [1.82, 2.24) is 4.98 Å². The zero-order valence-corrected chi connectivity index (χ0v) is 15.4. The zero-order chi connectivity index (χ0) is 22.5. The van der Waals surface area contributed by atoms with E-state index in [0.29, 0.717) is 11.6 Å². The molecule has 1 heterocycles. The number of amides is 2. The molecule has 0 saturated heterocycles. The molecule has 0 spiro atoms. The summed E-state index contributed by atoms with van der Waals surface area (Å²) in [6.45, 7) is 0. The standard InChI is InChI=1S/C18H16BF3N6O2/c19-8-27-15(24)13(16(25)29)14(23)9-1-3-10(4-2-9)17(30)28-12-7-11(5-6-26-12)18(20,21)22/h1-7H,8,23H2,(H2,24,27)(H2,25,29)(H,26,28,30). The quantitative estimate of drug-likeness (QED) is 0.240. The smallest absolute Gasteiger partial charge is 0.397 e. The Labute approximate surface area is 170 Å². The molecule has 1 aromatic heterocycles. The number of anilines is 1. The summed E-state index contributed by atoms with van der Waals surface area (Å²) < 4.78 is 38.3. The van der Waals surface area contributed by atoms with Crippen LogP contribution in [0.15, 0.2) is 53.2 Å². The van der Waals surface area contributed by atoms with E-state index >= 15 is 0 Å². The van der Waals surface area contributed by atoms with Crippen molar-refractivity contribution in [2.45, 2.75) is 6.18 Å². The van der Waals surface area contributed by atoms with Crippen LogP contribution in [-0.2, 0) is 11.0 Å². The van der Waals surface area contributed by atoms with Crippen LogP contribution in [0.2, 0.25) is 0 Å². The number of hydrogen-bond acceptors (Lipinski definition) is 5. The van der Waals surface area contributed by atoms with E-state index in [-0.39, 0.29) is 34.9 Å². The van der Waals surface area contributed by atoms with Gasteiger partial charge in [0.2, 0.25) is 0 Å². The van der Waals surface area contributed by atoms with Crippen LogP contribution in [-0.4, -0.2) is 36.9 Å². The van der Waals surface area contributed by atoms with Gasteiger partial charge in [-0.1, -0.05) is 12.1 Å². The van der Waals surface area contributed by atoms with Gasteiger partial charge in [-0.2, -0.15) is 13.2 Å². The molecular weight excluding hydrogens is 400 g/mol. The highest BCUT2D eigenvalue weighted by molar-refractivity contribution is 6.25. The molecular formula is C18H16BF3N6O2. The molecule has 2 aromatic rings. The molecule has 0 aliphatic rings. The minimum absolute atomic E-state index is 0.0799. The summed E-state index contributed by atoms with van der Waals surface area (Å²) in [5.41, 5.74) is 16.0. The van der Waals surface area contributed by atoms with E-state index in [2.05, 4.69) is 15.3 Å². The summed E-state index contributed by atoms with van der Waals surface area (Å²) in [4.78, 5) is 31.3. The number of amidine groups is 1. The molecule has 0 aliphatic heterocycles. The molecule has 2 rings (SSSR count). The van der Waals surface area contributed by atoms with Gasteiger partial charge in [0, 0.05) is 18.2 Å². The van der Waals surface area contributed by atoms with Crippen LogP contribution in [0.5, 0.6) is 0 Å². The lowest BCUT2D eigenvalue weighted by atomic mass is 10.0. The second kappa shape index (κ2) is 9.12. The maximum atomic E-state index is 12.8. The number of rotatable bonds is 6. The number of aromatic nitrogens is 1. The van der Waals surface area contributed by atoms with Gasteiger partial charge in [-0.15, -0.1) is 0 Å². The second-order valence-electron chi connectivity index (χ2n) is 5.84. The van der Waals surface area contributed by atoms with E-state index in [1.54, 1.807) is 0 Å². The summed E-state index contributed by atoms with van der Waals surface area (Å²) in [6.07, 6.45) is -3.81. The minimum Gasteiger partial charge on any atom is -0.397 e. The lowest BCUT2D eigenvalue weighted by Crippen LogP contribution is -2.29. The highest BCUT2D eigenvalue weighted by Crippen LogP contribution is 2.30. The maximum Gasteiger partial charge on any atom is 0.416 e. The van der Waals surface area contributed by atoms with Gasteiger partial charge in [-0.25, -0.2) is 4.98 Å². The number of aliphatic imine (C=N–C) groups is 1. The second-order valence-corrected chi connectivity index (χ2v) is 5.84. The number of hydrogen-bond donors (Lipinski definition) is 4. The molecule has 1 aromatic carbocycles. The van der Waals surface area contributed by atoms with Crippen molar-refractivity contribution in [1.29, 1.82) is 0 Å². The fourth-order valence-electron chi connectivity index (χ4n) is 2.38. The van der Waals surface area contributed by atoms with Crippen LogP contribution in [0.25, 0.3) is 5.70 Å². The number of carbonyl (C=O) groups excluding carboxylic acids is 2. The third-order valence-corrected chi connectivity index (χ3v) is 3.82. The van der Waals surface area contributed by atoms with Gasteiger partial charge in [-0.05, 0) is 29.8 Å². The zero-order valence-electron chi connectivity index (χ0n) is 15.4. The SMILES string of the molecule is [B]CN=C(N)C(C(N)=O)=C(N)c1ccc(C(=O)Nc2cc(C(F)(F)F)ccn2)cc1. The molecule has 0 saturated carbocycles. The molecule has 0 unspecified atom stereocenters. The number of nitrogens with two attached hydrogens (primary N) is 3. The van der Waals surface area contributed by atoms with Gasteiger partial charge in [-0.3, -0.25) is 14.6 Å². The van der Waals surface area contributed by atoms with Crippen LogP contribution >= 0.6 is 0 Å². The number of halogens is 3. The summed E-state index contributed by atoms with van der Waals surface area (Å²) in [7, 11) is 5.26. The monoisotopic (exact) mass is 416 g/mol. The normalized spacial score (nSPS) is 12.8. The number of pyridine rings is 1. The van der Waals surface area contributed by atoms with Crippen molar-refractivity contribution in [2.75, 3.05) is 11.8 Å². The van der Waals surface area contributed by atoms with Gasteiger partial charge in [0.1, 0.15) is 17.2 Å². The number of carbonyl (C=O) groups is 2. The Morgan fingerprint density at radius 2 is 1.67 bits per heavy atom. The predicted molar refractivity (Wildman–Crippen MR) is 106 cm³/mol. The van der Waals surface area contributed by atoms with E-state index in [1.807, 2.05) is 0 Å². The van der Waals surface area contributed by atoms with Gasteiger partial charge >= 0.3 is 6.18 Å². The Morgan fingerprint density at radius 3 is 2.20 bits per heavy atom. The van der Waals surface area contributed by atoms with E-state index in [4.69, 9.17) is 25.0 Å². The highest BCUT2D eigenvalue weighted by Gasteiger charge is 2.30. The van der Waals surface area contributed by atoms with E-state index in [9.17, 15) is 22.8 Å². The molecule has 7 N–H and O–H groups in total. The third kappa shape index (κ3) is 5.37. The molecule has 30 heavy (non-hydrogen) atoms. The Bertz CT molecular complexity index is 1020. The molecule has 0 fully saturated rings. The largest absolute Gasteiger partial charge is 0.416 e. The molecule has 2 radical (unpaired) electrons. The molecule has 2 amide bonds. The Hall–Kier alpha value is -3.83. The van der Waals surface area contributed by atoms with Crippen molar-refractivity contribution in [3.63, 3.8) is 0 Å². The molecule has 0 aliphatic carbocycles. The molecule has 12 heteroatoms. The first-order chi connectivity index (χ1) is 14.0. The van der Waals surface area contributed by atoms with Crippen LogP contribution in [0.3, 0.4) is 0 Å². The first-order valence-electron chi connectivity index (χ1n) is 8.29. The molecule has 0 atom stereocenters. The Kier molecular flexibility index (Phi) is 6.83. The first-order valence-corrected chi connectivity index (χ1v) is 8.29. The van der Waals surface area contributed by atoms with Crippen LogP contribution in [0.1, 0.15) is 21.5 Å². The Morgan fingerprint density at radius 1 is 1.07 bits per heavy atom. The molecule has 154 valence electrons. The predicted octanol–water partition coefficient (Wildman–Crippen LogP) is 0.991. The van der Waals surface area contributed by atoms with E-state index in [1.165, 1.54) is 24.3 Å². The number of alkyl halides is 3. The van der Waals surface area contributed by atoms with Crippen molar-refractivity contribution in [2.24, 2.45) is 22.2 Å². The lowest BCUT2D eigenvalue weighted by Gasteiger charge is -2.11. The maximum absolute atomic E-state index is 12.8. The van der Waals surface area contributed by atoms with E-state index in [0.717, 1.165) is 12.3 Å². The van der Waals surface area contributed by atoms with Gasteiger partial charge in [0.25, 0.3) is 11.8 Å². The molecule has 8 nitrogen and oxygen atoms in total. The fraction of sp³-hybridized carbons (Fsp3) is 0.111. The minimum atomic E-state index is -4.57. The molecule has 0 bridgehead atoms. The number of nitrogens with one attached hydrogen (secondary N) is 1. The van der Waals surface area contributed by atoms with Crippen molar-refractivity contribution in [3.05, 3.63) is 64.9 Å². The topological polar surface area (TPSA) is 149 Å². The highest BCUT2D eigenvalue weighted by atomic mass is 19.4. The van der Waals surface area contributed by atoms with Crippen LogP contribution < -0.4 is 22.5 Å².